The van der Waals surface area contributed by atoms with Crippen molar-refractivity contribution in [2.75, 3.05) is 33.4 Å². The van der Waals surface area contributed by atoms with Crippen LogP contribution in [0.15, 0.2) is 16.9 Å². The van der Waals surface area contributed by atoms with Gasteiger partial charge in [-0.05, 0) is 12.8 Å². The Balaban J connectivity index is 1.49. The Labute approximate surface area is 145 Å². The summed E-state index contributed by atoms with van der Waals surface area (Å²) in [6, 6.07) is 0. The zero-order valence-electron chi connectivity index (χ0n) is 14.6. The van der Waals surface area contributed by atoms with Crippen LogP contribution in [0.25, 0.3) is 0 Å². The average molecular weight is 349 g/mol. The van der Waals surface area contributed by atoms with E-state index in [1.165, 1.54) is 0 Å². The number of rotatable bonds is 7. The van der Waals surface area contributed by atoms with Gasteiger partial charge >= 0.3 is 0 Å². The van der Waals surface area contributed by atoms with Gasteiger partial charge in [0.25, 0.3) is 11.8 Å². The van der Waals surface area contributed by atoms with E-state index in [9.17, 15) is 4.79 Å². The van der Waals surface area contributed by atoms with Crippen LogP contribution in [0.5, 0.6) is 0 Å². The summed E-state index contributed by atoms with van der Waals surface area (Å²) in [4.78, 5) is 18.7. The number of piperidine rings is 1. The molecule has 0 aromatic carbocycles. The lowest BCUT2D eigenvalue weighted by Gasteiger charge is -2.30. The molecule has 1 fully saturated rings. The Morgan fingerprint density at radius 3 is 2.84 bits per heavy atom. The van der Waals surface area contributed by atoms with Gasteiger partial charge in [0, 0.05) is 39.4 Å². The van der Waals surface area contributed by atoms with Crippen molar-refractivity contribution < 1.29 is 18.8 Å². The first kappa shape index (κ1) is 17.6. The summed E-state index contributed by atoms with van der Waals surface area (Å²) in [6.45, 7) is 2.65. The topological polar surface area (TPSA) is 95.5 Å². The van der Waals surface area contributed by atoms with Crippen LogP contribution >= 0.6 is 0 Å². The smallest absolute Gasteiger partial charge is 0.257 e. The fraction of sp³-hybridized carbons (Fsp3) is 0.625. The maximum atomic E-state index is 12.4. The minimum atomic E-state index is 0.0203. The Hall–Kier alpha value is -2.26. The second kappa shape index (κ2) is 8.21. The predicted molar refractivity (Wildman–Crippen MR) is 86.9 cm³/mol. The summed E-state index contributed by atoms with van der Waals surface area (Å²) in [5.74, 6) is 1.39. The monoisotopic (exact) mass is 349 g/mol. The summed E-state index contributed by atoms with van der Waals surface area (Å²) in [7, 11) is 3.43. The fourth-order valence-electron chi connectivity index (χ4n) is 2.85. The first-order valence-corrected chi connectivity index (χ1v) is 8.34. The molecule has 9 heteroatoms. The van der Waals surface area contributed by atoms with E-state index in [4.69, 9.17) is 14.0 Å². The van der Waals surface area contributed by atoms with E-state index in [-0.39, 0.29) is 18.4 Å². The van der Waals surface area contributed by atoms with Crippen LogP contribution in [0.4, 0.5) is 0 Å². The Morgan fingerprint density at radius 1 is 1.36 bits per heavy atom. The number of nitrogens with zero attached hydrogens (tertiary/aromatic N) is 5. The van der Waals surface area contributed by atoms with Gasteiger partial charge in [-0.2, -0.15) is 10.1 Å². The number of likely N-dealkylation sites (tertiary alicyclic amines) is 1. The van der Waals surface area contributed by atoms with Crippen LogP contribution < -0.4 is 0 Å². The van der Waals surface area contributed by atoms with Gasteiger partial charge in [-0.25, -0.2) is 0 Å². The number of methoxy groups -OCH3 is 1. The molecule has 1 amide bonds. The first-order chi connectivity index (χ1) is 12.2. The van der Waals surface area contributed by atoms with E-state index in [1.54, 1.807) is 31.2 Å². The molecule has 0 radical (unpaired) electrons. The average Bonchev–Trinajstić information content (AvgIpc) is 3.27. The van der Waals surface area contributed by atoms with E-state index >= 15 is 0 Å². The quantitative estimate of drug-likeness (QED) is 0.688. The fourth-order valence-corrected chi connectivity index (χ4v) is 2.85. The molecule has 0 atom stereocenters. The highest BCUT2D eigenvalue weighted by Crippen LogP contribution is 2.26. The van der Waals surface area contributed by atoms with E-state index < -0.39 is 0 Å². The second-order valence-corrected chi connectivity index (χ2v) is 6.06. The Bertz CT molecular complexity index is 690. The van der Waals surface area contributed by atoms with Crippen molar-refractivity contribution in [3.63, 3.8) is 0 Å². The van der Waals surface area contributed by atoms with Gasteiger partial charge in [-0.1, -0.05) is 5.16 Å². The van der Waals surface area contributed by atoms with Crippen LogP contribution in [0.1, 0.15) is 40.8 Å². The van der Waals surface area contributed by atoms with Crippen molar-refractivity contribution in [3.05, 3.63) is 29.7 Å². The third-order valence-electron chi connectivity index (χ3n) is 4.24. The van der Waals surface area contributed by atoms with E-state index in [0.29, 0.717) is 43.6 Å². The van der Waals surface area contributed by atoms with Gasteiger partial charge < -0.3 is 18.9 Å². The molecule has 136 valence electrons. The van der Waals surface area contributed by atoms with E-state index in [1.807, 2.05) is 4.90 Å². The van der Waals surface area contributed by atoms with Crippen molar-refractivity contribution in [1.82, 2.24) is 24.8 Å². The lowest BCUT2D eigenvalue weighted by Crippen LogP contribution is -2.38. The molecule has 1 aliphatic rings. The Kier molecular flexibility index (Phi) is 5.77. The maximum Gasteiger partial charge on any atom is 0.257 e. The minimum absolute atomic E-state index is 0.0203. The summed E-state index contributed by atoms with van der Waals surface area (Å²) in [6.07, 6.45) is 4.97. The molecule has 0 saturated carbocycles. The molecule has 0 N–H and O–H groups in total. The molecule has 0 spiro atoms. The SMILES string of the molecule is COCCOCc1nc(C2CCN(C(=O)c3cnn(C)c3)CC2)no1. The molecule has 9 nitrogen and oxygen atoms in total. The third kappa shape index (κ3) is 4.43. The molecule has 0 unspecified atom stereocenters. The molecule has 1 aliphatic heterocycles. The van der Waals surface area contributed by atoms with Crippen LogP contribution in [-0.4, -0.2) is 64.1 Å². The molecule has 2 aromatic heterocycles. The summed E-state index contributed by atoms with van der Waals surface area (Å²) in [5.41, 5.74) is 0.621. The summed E-state index contributed by atoms with van der Waals surface area (Å²) < 4.78 is 17.2. The lowest BCUT2D eigenvalue weighted by molar-refractivity contribution is 0.0494. The van der Waals surface area contributed by atoms with Gasteiger partial charge in [0.15, 0.2) is 5.82 Å². The highest BCUT2D eigenvalue weighted by molar-refractivity contribution is 5.93. The normalized spacial score (nSPS) is 15.7. The molecule has 0 aliphatic carbocycles. The molecular formula is C16H23N5O4. The number of carbonyl (C=O) groups is 1. The van der Waals surface area contributed by atoms with Crippen LogP contribution in [-0.2, 0) is 23.1 Å². The second-order valence-electron chi connectivity index (χ2n) is 6.06. The predicted octanol–water partition coefficient (Wildman–Crippen LogP) is 0.986. The molecule has 3 heterocycles. The number of aromatic nitrogens is 4. The molecule has 25 heavy (non-hydrogen) atoms. The van der Waals surface area contributed by atoms with Gasteiger partial charge in [-0.15, -0.1) is 0 Å². The van der Waals surface area contributed by atoms with Crippen LogP contribution in [0.3, 0.4) is 0 Å². The highest BCUT2D eigenvalue weighted by atomic mass is 16.5. The molecular weight excluding hydrogens is 326 g/mol. The molecule has 0 bridgehead atoms. The number of carbonyl (C=O) groups excluding carboxylic acids is 1. The third-order valence-corrected chi connectivity index (χ3v) is 4.24. The van der Waals surface area contributed by atoms with E-state index in [2.05, 4.69) is 15.2 Å². The van der Waals surface area contributed by atoms with E-state index in [0.717, 1.165) is 12.8 Å². The van der Waals surface area contributed by atoms with Gasteiger partial charge in [0.1, 0.15) is 6.61 Å². The van der Waals surface area contributed by atoms with Crippen molar-refractivity contribution in [2.24, 2.45) is 7.05 Å². The van der Waals surface area contributed by atoms with Crippen LogP contribution in [0, 0.1) is 0 Å². The summed E-state index contributed by atoms with van der Waals surface area (Å²) in [5, 5.41) is 8.11. The standard InChI is InChI=1S/C16H23N5O4/c1-20-10-13(9-17-20)16(22)21-5-3-12(4-6-21)15-18-14(25-19-15)11-24-8-7-23-2/h9-10,12H,3-8,11H2,1-2H3. The molecule has 2 aromatic rings. The first-order valence-electron chi connectivity index (χ1n) is 8.34. The van der Waals surface area contributed by atoms with Crippen molar-refractivity contribution in [3.8, 4) is 0 Å². The number of hydrogen-bond donors (Lipinski definition) is 0. The van der Waals surface area contributed by atoms with Crippen molar-refractivity contribution in [1.29, 1.82) is 0 Å². The summed E-state index contributed by atoms with van der Waals surface area (Å²) >= 11 is 0. The number of ether oxygens (including phenoxy) is 2. The highest BCUT2D eigenvalue weighted by Gasteiger charge is 2.28. The number of amides is 1. The maximum absolute atomic E-state index is 12.4. The largest absolute Gasteiger partial charge is 0.382 e. The van der Waals surface area contributed by atoms with Crippen LogP contribution in [0.2, 0.25) is 0 Å². The Morgan fingerprint density at radius 2 is 2.16 bits per heavy atom. The van der Waals surface area contributed by atoms with Gasteiger partial charge in [0.05, 0.1) is 25.0 Å². The van der Waals surface area contributed by atoms with Crippen molar-refractivity contribution >= 4 is 5.91 Å². The lowest BCUT2D eigenvalue weighted by atomic mass is 9.96. The number of aryl methyl sites for hydroxylation is 1. The zero-order valence-corrected chi connectivity index (χ0v) is 14.6. The molecule has 3 rings (SSSR count). The van der Waals surface area contributed by atoms with Gasteiger partial charge in [0.2, 0.25) is 0 Å². The van der Waals surface area contributed by atoms with Crippen molar-refractivity contribution in [2.45, 2.75) is 25.4 Å². The van der Waals surface area contributed by atoms with Gasteiger partial charge in [-0.3, -0.25) is 9.48 Å². The minimum Gasteiger partial charge on any atom is -0.382 e. The zero-order chi connectivity index (χ0) is 17.6. The number of hydrogen-bond acceptors (Lipinski definition) is 7. The molecule has 1 saturated heterocycles.